The van der Waals surface area contributed by atoms with Crippen molar-refractivity contribution >= 4 is 9.53 Å². The van der Waals surface area contributed by atoms with Gasteiger partial charge in [-0.05, 0) is 24.6 Å². The van der Waals surface area contributed by atoms with Crippen LogP contribution in [0, 0.1) is 5.82 Å². The summed E-state index contributed by atoms with van der Waals surface area (Å²) in [6, 6.07) is 6.29. The maximum Gasteiger partial charge on any atom is 0.577 e. The Labute approximate surface area is 90.7 Å². The van der Waals surface area contributed by atoms with E-state index in [-0.39, 0.29) is 11.9 Å². The van der Waals surface area contributed by atoms with Crippen LogP contribution in [0.15, 0.2) is 24.3 Å². The molecule has 0 fully saturated rings. The molecule has 0 spiro atoms. The first-order valence-electron chi connectivity index (χ1n) is 4.54. The lowest BCUT2D eigenvalue weighted by Crippen LogP contribution is -2.25. The highest BCUT2D eigenvalue weighted by molar-refractivity contribution is 6.36. The normalized spacial score (nSPS) is 13.1. The minimum absolute atomic E-state index is 0.241. The fourth-order valence-electron chi connectivity index (χ4n) is 1.15. The molecule has 0 heterocycles. The second-order valence-corrected chi connectivity index (χ2v) is 4.53. The lowest BCUT2D eigenvalue weighted by molar-refractivity contribution is 0.0949. The third kappa shape index (κ3) is 3.71. The van der Waals surface area contributed by atoms with E-state index >= 15 is 0 Å². The van der Waals surface area contributed by atoms with Gasteiger partial charge in [-0.25, -0.2) is 4.39 Å². The Kier molecular flexibility index (Phi) is 4.90. The van der Waals surface area contributed by atoms with Gasteiger partial charge < -0.3 is 13.3 Å². The zero-order valence-corrected chi connectivity index (χ0v) is 9.99. The molecular formula is C10H14FO3Si. The van der Waals surface area contributed by atoms with E-state index in [9.17, 15) is 4.39 Å². The van der Waals surface area contributed by atoms with Crippen molar-refractivity contribution in [2.75, 3.05) is 14.2 Å². The summed E-state index contributed by atoms with van der Waals surface area (Å²) in [4.78, 5) is 0. The minimum Gasteiger partial charge on any atom is -0.375 e. The lowest BCUT2D eigenvalue weighted by Gasteiger charge is -2.16. The highest BCUT2D eigenvalue weighted by Crippen LogP contribution is 2.18. The maximum atomic E-state index is 12.9. The zero-order chi connectivity index (χ0) is 11.3. The molecule has 0 aliphatic heterocycles. The van der Waals surface area contributed by atoms with Crippen molar-refractivity contribution in [1.29, 1.82) is 0 Å². The van der Waals surface area contributed by atoms with Crippen molar-refractivity contribution in [3.63, 3.8) is 0 Å². The molecule has 1 atom stereocenters. The van der Waals surface area contributed by atoms with Gasteiger partial charge in [0, 0.05) is 14.2 Å². The zero-order valence-electron chi connectivity index (χ0n) is 8.99. The van der Waals surface area contributed by atoms with E-state index in [1.165, 1.54) is 26.4 Å². The van der Waals surface area contributed by atoms with Crippen molar-refractivity contribution in [1.82, 2.24) is 0 Å². The summed E-state index contributed by atoms with van der Waals surface area (Å²) in [5, 5.41) is 0. The van der Waals surface area contributed by atoms with Gasteiger partial charge in [-0.3, -0.25) is 0 Å². The van der Waals surface area contributed by atoms with E-state index in [2.05, 4.69) is 0 Å². The van der Waals surface area contributed by atoms with Crippen LogP contribution in [-0.2, 0) is 13.3 Å². The van der Waals surface area contributed by atoms with Crippen LogP contribution in [0.3, 0.4) is 0 Å². The van der Waals surface area contributed by atoms with Gasteiger partial charge >= 0.3 is 9.53 Å². The van der Waals surface area contributed by atoms with Crippen LogP contribution in [0.5, 0.6) is 0 Å². The quantitative estimate of drug-likeness (QED) is 0.724. The van der Waals surface area contributed by atoms with Gasteiger partial charge in [0.15, 0.2) is 0 Å². The number of halogens is 1. The number of benzene rings is 1. The SMILES string of the molecule is CO[Si](OC)OC(C)c1cccc(F)c1. The summed E-state index contributed by atoms with van der Waals surface area (Å²) in [6.07, 6.45) is -0.241. The standard InChI is InChI=1S/C10H14FO3Si/c1-8(14-15(12-2)13-3)9-5-4-6-10(11)7-9/h4-8H,1-3H3. The number of hydrogen-bond acceptors (Lipinski definition) is 3. The topological polar surface area (TPSA) is 27.7 Å². The number of hydrogen-bond donors (Lipinski definition) is 0. The van der Waals surface area contributed by atoms with Crippen LogP contribution in [-0.4, -0.2) is 23.7 Å². The smallest absolute Gasteiger partial charge is 0.375 e. The highest BCUT2D eigenvalue weighted by Gasteiger charge is 2.20. The Morgan fingerprint density at radius 3 is 2.47 bits per heavy atom. The van der Waals surface area contributed by atoms with E-state index in [1.54, 1.807) is 12.1 Å². The molecule has 0 saturated heterocycles. The molecule has 1 radical (unpaired) electrons. The molecule has 1 aromatic carbocycles. The van der Waals surface area contributed by atoms with Gasteiger partial charge in [0.05, 0.1) is 6.10 Å². The van der Waals surface area contributed by atoms with Crippen molar-refractivity contribution in [2.45, 2.75) is 13.0 Å². The summed E-state index contributed by atoms with van der Waals surface area (Å²) in [5.74, 6) is -0.272. The maximum absolute atomic E-state index is 12.9. The van der Waals surface area contributed by atoms with Gasteiger partial charge in [-0.1, -0.05) is 12.1 Å². The number of rotatable bonds is 5. The average molecular weight is 229 g/mol. The fourth-order valence-corrected chi connectivity index (χ4v) is 1.94. The lowest BCUT2D eigenvalue weighted by atomic mass is 10.1. The first-order valence-corrected chi connectivity index (χ1v) is 5.77. The van der Waals surface area contributed by atoms with Crippen molar-refractivity contribution in [3.8, 4) is 0 Å². The first kappa shape index (κ1) is 12.3. The van der Waals surface area contributed by atoms with Gasteiger partial charge in [-0.15, -0.1) is 0 Å². The summed E-state index contributed by atoms with van der Waals surface area (Å²) >= 11 is 0. The summed E-state index contributed by atoms with van der Waals surface area (Å²) < 4.78 is 28.4. The largest absolute Gasteiger partial charge is 0.577 e. The van der Waals surface area contributed by atoms with E-state index in [0.717, 1.165) is 5.56 Å². The summed E-state index contributed by atoms with van der Waals surface area (Å²) in [5.41, 5.74) is 0.770. The van der Waals surface area contributed by atoms with Crippen molar-refractivity contribution in [3.05, 3.63) is 35.6 Å². The van der Waals surface area contributed by atoms with E-state index in [0.29, 0.717) is 0 Å². The highest BCUT2D eigenvalue weighted by atomic mass is 28.3. The van der Waals surface area contributed by atoms with Gasteiger partial charge in [-0.2, -0.15) is 0 Å². The molecule has 1 rings (SSSR count). The van der Waals surface area contributed by atoms with Crippen molar-refractivity contribution < 1.29 is 17.7 Å². The summed E-state index contributed by atoms with van der Waals surface area (Å²) in [6.45, 7) is 1.83. The Bertz CT molecular complexity index is 304. The van der Waals surface area contributed by atoms with Crippen molar-refractivity contribution in [2.24, 2.45) is 0 Å². The third-order valence-electron chi connectivity index (χ3n) is 1.92. The summed E-state index contributed by atoms with van der Waals surface area (Å²) in [7, 11) is 1.34. The molecule has 0 aromatic heterocycles. The van der Waals surface area contributed by atoms with E-state index in [1.807, 2.05) is 6.92 Å². The van der Waals surface area contributed by atoms with E-state index in [4.69, 9.17) is 13.3 Å². The third-order valence-corrected chi connectivity index (χ3v) is 3.14. The molecular weight excluding hydrogens is 215 g/mol. The Balaban J connectivity index is 2.64. The van der Waals surface area contributed by atoms with Gasteiger partial charge in [0.25, 0.3) is 0 Å². The van der Waals surface area contributed by atoms with Gasteiger partial charge in [0.1, 0.15) is 5.82 Å². The van der Waals surface area contributed by atoms with Crippen LogP contribution in [0.2, 0.25) is 0 Å². The Hall–Kier alpha value is -0.753. The van der Waals surface area contributed by atoms with Crippen LogP contribution in [0.1, 0.15) is 18.6 Å². The predicted octanol–water partition coefficient (Wildman–Crippen LogP) is 2.18. The van der Waals surface area contributed by atoms with Crippen LogP contribution in [0.25, 0.3) is 0 Å². The second-order valence-electron chi connectivity index (χ2n) is 2.97. The second kappa shape index (κ2) is 5.97. The molecule has 0 aliphatic carbocycles. The predicted molar refractivity (Wildman–Crippen MR) is 55.7 cm³/mol. The monoisotopic (exact) mass is 229 g/mol. The van der Waals surface area contributed by atoms with Crippen LogP contribution >= 0.6 is 0 Å². The molecule has 0 N–H and O–H groups in total. The molecule has 1 unspecified atom stereocenters. The molecule has 5 heteroatoms. The van der Waals surface area contributed by atoms with Gasteiger partial charge in [0.2, 0.25) is 0 Å². The van der Waals surface area contributed by atoms with Crippen LogP contribution in [0.4, 0.5) is 4.39 Å². The molecule has 83 valence electrons. The molecule has 0 amide bonds. The molecule has 0 aliphatic rings. The molecule has 0 bridgehead atoms. The first-order chi connectivity index (χ1) is 7.17. The van der Waals surface area contributed by atoms with Crippen LogP contribution < -0.4 is 0 Å². The molecule has 0 saturated carbocycles. The minimum atomic E-state index is -1.70. The fraction of sp³-hybridized carbons (Fsp3) is 0.400. The molecule has 3 nitrogen and oxygen atoms in total. The average Bonchev–Trinajstić information content (AvgIpc) is 2.25. The Morgan fingerprint density at radius 1 is 1.27 bits per heavy atom. The molecule has 1 aromatic rings. The molecule has 15 heavy (non-hydrogen) atoms. The van der Waals surface area contributed by atoms with E-state index < -0.39 is 9.53 Å². The Morgan fingerprint density at radius 2 is 1.93 bits per heavy atom.